The van der Waals surface area contributed by atoms with Gasteiger partial charge in [0.15, 0.2) is 0 Å². The van der Waals surface area contributed by atoms with Crippen LogP contribution in [0.15, 0.2) is 12.1 Å². The van der Waals surface area contributed by atoms with E-state index in [1.165, 1.54) is 11.0 Å². The molecule has 0 atom stereocenters. The molecular formula is C13H15ClFN3O. The molecule has 1 amide bonds. The molecule has 2 rings (SSSR count). The molecule has 19 heavy (non-hydrogen) atoms. The van der Waals surface area contributed by atoms with Crippen molar-refractivity contribution in [2.45, 2.75) is 19.3 Å². The number of benzene rings is 1. The summed E-state index contributed by atoms with van der Waals surface area (Å²) in [4.78, 5) is 17.6. The Bertz CT molecular complexity index is 636. The summed E-state index contributed by atoms with van der Waals surface area (Å²) in [6.07, 6.45) is 0. The van der Waals surface area contributed by atoms with E-state index in [-0.39, 0.29) is 24.1 Å². The van der Waals surface area contributed by atoms with Crippen molar-refractivity contribution in [3.8, 4) is 0 Å². The highest BCUT2D eigenvalue weighted by Gasteiger charge is 2.15. The smallest absolute Gasteiger partial charge is 0.242 e. The molecule has 0 aliphatic carbocycles. The Balaban J connectivity index is 2.57. The third-order valence-corrected chi connectivity index (χ3v) is 3.26. The quantitative estimate of drug-likeness (QED) is 0.811. The van der Waals surface area contributed by atoms with Crippen LogP contribution in [0.4, 0.5) is 4.39 Å². The van der Waals surface area contributed by atoms with Crippen LogP contribution in [0, 0.1) is 12.7 Å². The molecule has 4 nitrogen and oxygen atoms in total. The topological polar surface area (TPSA) is 38.1 Å². The Morgan fingerprint density at radius 1 is 1.47 bits per heavy atom. The first-order chi connectivity index (χ1) is 8.93. The van der Waals surface area contributed by atoms with E-state index in [4.69, 9.17) is 11.6 Å². The summed E-state index contributed by atoms with van der Waals surface area (Å²) in [6, 6.07) is 3.06. The van der Waals surface area contributed by atoms with Gasteiger partial charge in [0.1, 0.15) is 18.2 Å². The third kappa shape index (κ3) is 2.56. The van der Waals surface area contributed by atoms with Crippen molar-refractivity contribution in [2.75, 3.05) is 14.1 Å². The Morgan fingerprint density at radius 3 is 2.74 bits per heavy atom. The fraction of sp³-hybridized carbons (Fsp3) is 0.385. The molecule has 0 radical (unpaired) electrons. The Morgan fingerprint density at radius 2 is 2.16 bits per heavy atom. The van der Waals surface area contributed by atoms with E-state index in [1.807, 2.05) is 0 Å². The lowest BCUT2D eigenvalue weighted by molar-refractivity contribution is -0.129. The van der Waals surface area contributed by atoms with Gasteiger partial charge in [0.25, 0.3) is 0 Å². The molecule has 0 saturated carbocycles. The molecule has 0 unspecified atom stereocenters. The SMILES string of the molecule is Cc1cc2c(cc1F)nc(CCl)n2CC(=O)N(C)C. The van der Waals surface area contributed by atoms with E-state index < -0.39 is 0 Å². The van der Waals surface area contributed by atoms with E-state index in [2.05, 4.69) is 4.98 Å². The first-order valence-corrected chi connectivity index (χ1v) is 6.39. The van der Waals surface area contributed by atoms with Crippen molar-refractivity contribution < 1.29 is 9.18 Å². The minimum Gasteiger partial charge on any atom is -0.347 e. The Labute approximate surface area is 115 Å². The van der Waals surface area contributed by atoms with E-state index >= 15 is 0 Å². The van der Waals surface area contributed by atoms with Gasteiger partial charge in [-0.15, -0.1) is 11.6 Å². The lowest BCUT2D eigenvalue weighted by Crippen LogP contribution is -2.26. The lowest BCUT2D eigenvalue weighted by atomic mass is 10.2. The monoisotopic (exact) mass is 283 g/mol. The summed E-state index contributed by atoms with van der Waals surface area (Å²) in [7, 11) is 3.37. The minimum atomic E-state index is -0.308. The summed E-state index contributed by atoms with van der Waals surface area (Å²) in [6.45, 7) is 1.83. The van der Waals surface area contributed by atoms with Gasteiger partial charge in [0, 0.05) is 20.2 Å². The van der Waals surface area contributed by atoms with Crippen LogP contribution in [0.5, 0.6) is 0 Å². The number of carbonyl (C=O) groups excluding carboxylic acids is 1. The number of imidazole rings is 1. The molecule has 0 N–H and O–H groups in total. The number of hydrogen-bond donors (Lipinski definition) is 0. The molecule has 102 valence electrons. The number of amides is 1. The second-order valence-electron chi connectivity index (χ2n) is 4.63. The largest absolute Gasteiger partial charge is 0.347 e. The number of aromatic nitrogens is 2. The molecule has 1 heterocycles. The fourth-order valence-corrected chi connectivity index (χ4v) is 2.06. The number of aryl methyl sites for hydroxylation is 1. The molecular weight excluding hydrogens is 269 g/mol. The number of rotatable bonds is 3. The molecule has 0 saturated heterocycles. The molecule has 2 aromatic rings. The summed E-state index contributed by atoms with van der Waals surface area (Å²) >= 11 is 5.84. The molecule has 6 heteroatoms. The number of hydrogen-bond acceptors (Lipinski definition) is 2. The zero-order valence-electron chi connectivity index (χ0n) is 11.1. The van der Waals surface area contributed by atoms with Gasteiger partial charge in [-0.25, -0.2) is 9.37 Å². The van der Waals surface area contributed by atoms with Gasteiger partial charge >= 0.3 is 0 Å². The molecule has 0 spiro atoms. The number of alkyl halides is 1. The van der Waals surface area contributed by atoms with Crippen molar-refractivity contribution in [3.63, 3.8) is 0 Å². The average molecular weight is 284 g/mol. The van der Waals surface area contributed by atoms with Gasteiger partial charge in [0.2, 0.25) is 5.91 Å². The van der Waals surface area contributed by atoms with Crippen LogP contribution in [0.25, 0.3) is 11.0 Å². The highest BCUT2D eigenvalue weighted by Crippen LogP contribution is 2.21. The van der Waals surface area contributed by atoms with Crippen LogP contribution in [-0.4, -0.2) is 34.5 Å². The first-order valence-electron chi connectivity index (χ1n) is 5.85. The number of carbonyl (C=O) groups is 1. The maximum atomic E-state index is 13.5. The second kappa shape index (κ2) is 5.17. The van der Waals surface area contributed by atoms with E-state index in [1.54, 1.807) is 31.7 Å². The van der Waals surface area contributed by atoms with Crippen molar-refractivity contribution >= 4 is 28.5 Å². The number of nitrogens with zero attached hydrogens (tertiary/aromatic N) is 3. The maximum absolute atomic E-state index is 13.5. The van der Waals surface area contributed by atoms with Crippen LogP contribution in [0.1, 0.15) is 11.4 Å². The standard InChI is InChI=1S/C13H15ClFN3O/c1-8-4-11-10(5-9(8)15)16-12(6-14)18(11)7-13(19)17(2)3/h4-5H,6-7H2,1-3H3. The van der Waals surface area contributed by atoms with Crippen LogP contribution in [0.2, 0.25) is 0 Å². The predicted molar refractivity (Wildman–Crippen MR) is 72.7 cm³/mol. The van der Waals surface area contributed by atoms with Crippen LogP contribution < -0.4 is 0 Å². The summed E-state index contributed by atoms with van der Waals surface area (Å²) < 4.78 is 15.3. The number of likely N-dealkylation sites (N-methyl/N-ethyl adjacent to an activating group) is 1. The summed E-state index contributed by atoms with van der Waals surface area (Å²) in [5, 5.41) is 0. The molecule has 0 bridgehead atoms. The first kappa shape index (κ1) is 13.8. The van der Waals surface area contributed by atoms with E-state index in [0.717, 1.165) is 5.52 Å². The molecule has 1 aromatic carbocycles. The highest BCUT2D eigenvalue weighted by atomic mass is 35.5. The molecule has 0 aliphatic rings. The van der Waals surface area contributed by atoms with Crippen molar-refractivity contribution in [1.82, 2.24) is 14.5 Å². The van der Waals surface area contributed by atoms with Crippen molar-refractivity contribution in [2.24, 2.45) is 0 Å². The van der Waals surface area contributed by atoms with Gasteiger partial charge in [-0.05, 0) is 18.6 Å². The maximum Gasteiger partial charge on any atom is 0.242 e. The number of halogens is 2. The lowest BCUT2D eigenvalue weighted by Gasteiger charge is -2.13. The highest BCUT2D eigenvalue weighted by molar-refractivity contribution is 6.16. The zero-order valence-corrected chi connectivity index (χ0v) is 11.8. The minimum absolute atomic E-state index is 0.0624. The van der Waals surface area contributed by atoms with E-state index in [9.17, 15) is 9.18 Å². The van der Waals surface area contributed by atoms with Crippen molar-refractivity contribution in [3.05, 3.63) is 29.3 Å². The van der Waals surface area contributed by atoms with Gasteiger partial charge in [-0.3, -0.25) is 4.79 Å². The van der Waals surface area contributed by atoms with Crippen LogP contribution >= 0.6 is 11.6 Å². The van der Waals surface area contributed by atoms with Gasteiger partial charge in [-0.2, -0.15) is 0 Å². The van der Waals surface area contributed by atoms with Gasteiger partial charge in [-0.1, -0.05) is 0 Å². The summed E-state index contributed by atoms with van der Waals surface area (Å²) in [5.41, 5.74) is 1.77. The molecule has 0 fully saturated rings. The van der Waals surface area contributed by atoms with Gasteiger partial charge < -0.3 is 9.47 Å². The average Bonchev–Trinajstić information content (AvgIpc) is 2.67. The molecule has 0 aliphatic heterocycles. The fourth-order valence-electron chi connectivity index (χ4n) is 1.86. The third-order valence-electron chi connectivity index (χ3n) is 3.02. The number of fused-ring (bicyclic) bond motifs is 1. The van der Waals surface area contributed by atoms with Crippen LogP contribution in [-0.2, 0) is 17.2 Å². The summed E-state index contributed by atoms with van der Waals surface area (Å²) in [5.74, 6) is 0.373. The molecule has 1 aromatic heterocycles. The Hall–Kier alpha value is -1.62. The Kier molecular flexibility index (Phi) is 3.75. The van der Waals surface area contributed by atoms with E-state index in [0.29, 0.717) is 16.9 Å². The zero-order chi connectivity index (χ0) is 14.2. The van der Waals surface area contributed by atoms with Crippen LogP contribution in [0.3, 0.4) is 0 Å². The van der Waals surface area contributed by atoms with Gasteiger partial charge in [0.05, 0.1) is 16.9 Å². The normalized spacial score (nSPS) is 11.0. The second-order valence-corrected chi connectivity index (χ2v) is 4.89. The predicted octanol–water partition coefficient (Wildman–Crippen LogP) is 2.31. The van der Waals surface area contributed by atoms with Crippen molar-refractivity contribution in [1.29, 1.82) is 0 Å².